The van der Waals surface area contributed by atoms with Gasteiger partial charge in [0, 0.05) is 12.5 Å². The molecule has 3 nitrogen and oxygen atoms in total. The molecular weight excluding hydrogens is 307 g/mol. The molecule has 0 heterocycles. The molecule has 0 radical (unpaired) electrons. The van der Waals surface area contributed by atoms with Gasteiger partial charge in [-0.05, 0) is 37.0 Å². The fourth-order valence-electron chi connectivity index (χ4n) is 2.33. The average Bonchev–Trinajstić information content (AvgIpc) is 2.66. The van der Waals surface area contributed by atoms with Crippen LogP contribution in [0.3, 0.4) is 0 Å². The number of rotatable bonds is 3. The molecule has 2 atom stereocenters. The Morgan fingerprint density at radius 1 is 1.53 bits per heavy atom. The zero-order valence-electron chi connectivity index (χ0n) is 10.6. The molecule has 19 heavy (non-hydrogen) atoms. The fraction of sp³-hybridized carbons (Fsp3) is 0.462. The molecule has 1 amide bonds. The molecule has 6 heteroatoms. The molecule has 0 saturated carbocycles. The topological polar surface area (TPSA) is 55.1 Å². The van der Waals surface area contributed by atoms with E-state index in [-0.39, 0.29) is 30.4 Å². The molecule has 3 N–H and O–H groups in total. The van der Waals surface area contributed by atoms with Crippen molar-refractivity contribution in [3.63, 3.8) is 0 Å². The van der Waals surface area contributed by atoms with Crippen molar-refractivity contribution < 1.29 is 4.79 Å². The molecule has 106 valence electrons. The number of fused-ring (bicyclic) bond motifs is 1. The lowest BCUT2D eigenvalue weighted by molar-refractivity contribution is -0.122. The van der Waals surface area contributed by atoms with Crippen molar-refractivity contribution >= 4 is 41.5 Å². The van der Waals surface area contributed by atoms with E-state index in [0.29, 0.717) is 16.5 Å². The summed E-state index contributed by atoms with van der Waals surface area (Å²) in [6.07, 6.45) is 2.05. The van der Waals surface area contributed by atoms with E-state index in [9.17, 15) is 4.79 Å². The van der Waals surface area contributed by atoms with Crippen LogP contribution in [-0.4, -0.2) is 11.9 Å². The predicted molar refractivity (Wildman–Crippen MR) is 81.2 cm³/mol. The second-order valence-corrected chi connectivity index (χ2v) is 5.55. The summed E-state index contributed by atoms with van der Waals surface area (Å²) in [5.74, 6) is -0.0195. The summed E-state index contributed by atoms with van der Waals surface area (Å²) in [4.78, 5) is 11.7. The Balaban J connectivity index is 0.00000180. The van der Waals surface area contributed by atoms with E-state index in [4.69, 9.17) is 28.9 Å². The van der Waals surface area contributed by atoms with E-state index in [0.717, 1.165) is 24.0 Å². The molecule has 0 fully saturated rings. The lowest BCUT2D eigenvalue weighted by Gasteiger charge is -2.15. The first-order valence-corrected chi connectivity index (χ1v) is 6.76. The summed E-state index contributed by atoms with van der Waals surface area (Å²) in [6.45, 7) is 1.82. The van der Waals surface area contributed by atoms with Gasteiger partial charge >= 0.3 is 0 Å². The van der Waals surface area contributed by atoms with Crippen molar-refractivity contribution in [3.8, 4) is 0 Å². The number of amides is 1. The summed E-state index contributed by atoms with van der Waals surface area (Å²) >= 11 is 12.1. The van der Waals surface area contributed by atoms with Crippen LogP contribution < -0.4 is 11.1 Å². The van der Waals surface area contributed by atoms with Gasteiger partial charge in [-0.2, -0.15) is 0 Å². The molecule has 1 aromatic carbocycles. The molecule has 0 spiro atoms. The van der Waals surface area contributed by atoms with Crippen molar-refractivity contribution in [1.82, 2.24) is 5.32 Å². The van der Waals surface area contributed by atoms with E-state index in [1.807, 2.05) is 13.0 Å². The standard InChI is InChI=1S/C13H16Cl2N2O.ClH/c1-7(16)6-12(18)17-11-5-3-9-8(11)2-4-10(14)13(9)15;/h2,4,7,11H,3,5-6,16H2,1H3,(H,17,18);1H. The number of nitrogens with two attached hydrogens (primary N) is 1. The molecule has 1 aromatic rings. The number of hydrogen-bond acceptors (Lipinski definition) is 2. The summed E-state index contributed by atoms with van der Waals surface area (Å²) in [6, 6.07) is 3.62. The largest absolute Gasteiger partial charge is 0.349 e. The van der Waals surface area contributed by atoms with Gasteiger partial charge in [-0.25, -0.2) is 0 Å². The Labute approximate surface area is 129 Å². The van der Waals surface area contributed by atoms with Gasteiger partial charge in [0.05, 0.1) is 16.1 Å². The van der Waals surface area contributed by atoms with Crippen LogP contribution in [0.5, 0.6) is 0 Å². The first-order valence-electron chi connectivity index (χ1n) is 6.00. The van der Waals surface area contributed by atoms with Crippen LogP contribution in [-0.2, 0) is 11.2 Å². The quantitative estimate of drug-likeness (QED) is 0.897. The minimum atomic E-state index is -0.125. The average molecular weight is 324 g/mol. The van der Waals surface area contributed by atoms with E-state index in [2.05, 4.69) is 5.32 Å². The number of hydrogen-bond donors (Lipinski definition) is 2. The molecule has 1 aliphatic carbocycles. The predicted octanol–water partition coefficient (Wildman–Crippen LogP) is 3.26. The highest BCUT2D eigenvalue weighted by Gasteiger charge is 2.26. The van der Waals surface area contributed by atoms with E-state index < -0.39 is 0 Å². The summed E-state index contributed by atoms with van der Waals surface area (Å²) in [5.41, 5.74) is 7.73. The Hall–Kier alpha value is -0.480. The molecule has 2 rings (SSSR count). The fourth-order valence-corrected chi connectivity index (χ4v) is 2.77. The van der Waals surface area contributed by atoms with E-state index in [1.54, 1.807) is 6.07 Å². The summed E-state index contributed by atoms with van der Waals surface area (Å²) in [5, 5.41) is 4.17. The van der Waals surface area contributed by atoms with Crippen LogP contribution in [0.4, 0.5) is 0 Å². The maximum Gasteiger partial charge on any atom is 0.222 e. The molecule has 2 unspecified atom stereocenters. The normalized spacial score (nSPS) is 18.4. The molecule has 0 aliphatic heterocycles. The minimum absolute atomic E-state index is 0. The number of nitrogens with one attached hydrogen (secondary N) is 1. The Kier molecular flexibility index (Phi) is 5.93. The van der Waals surface area contributed by atoms with Crippen LogP contribution in [0.25, 0.3) is 0 Å². The highest BCUT2D eigenvalue weighted by atomic mass is 35.5. The monoisotopic (exact) mass is 322 g/mol. The third-order valence-electron chi connectivity index (χ3n) is 3.13. The smallest absolute Gasteiger partial charge is 0.222 e. The summed E-state index contributed by atoms with van der Waals surface area (Å²) < 4.78 is 0. The zero-order chi connectivity index (χ0) is 13.3. The van der Waals surface area contributed by atoms with Gasteiger partial charge in [-0.15, -0.1) is 12.4 Å². The Bertz CT molecular complexity index is 477. The minimum Gasteiger partial charge on any atom is -0.349 e. The van der Waals surface area contributed by atoms with Crippen molar-refractivity contribution in [2.45, 2.75) is 38.3 Å². The van der Waals surface area contributed by atoms with Gasteiger partial charge in [0.15, 0.2) is 0 Å². The molecule has 0 saturated heterocycles. The van der Waals surface area contributed by atoms with Crippen molar-refractivity contribution in [2.24, 2.45) is 5.73 Å². The van der Waals surface area contributed by atoms with Crippen LogP contribution in [0.15, 0.2) is 12.1 Å². The van der Waals surface area contributed by atoms with E-state index in [1.165, 1.54) is 0 Å². The lowest BCUT2D eigenvalue weighted by Crippen LogP contribution is -2.32. The highest BCUT2D eigenvalue weighted by Crippen LogP contribution is 2.39. The van der Waals surface area contributed by atoms with Crippen molar-refractivity contribution in [1.29, 1.82) is 0 Å². The Morgan fingerprint density at radius 3 is 2.84 bits per heavy atom. The maximum absolute atomic E-state index is 11.7. The number of benzene rings is 1. The Morgan fingerprint density at radius 2 is 2.21 bits per heavy atom. The van der Waals surface area contributed by atoms with Gasteiger partial charge in [0.1, 0.15) is 0 Å². The first kappa shape index (κ1) is 16.6. The van der Waals surface area contributed by atoms with Crippen molar-refractivity contribution in [2.75, 3.05) is 0 Å². The van der Waals surface area contributed by atoms with Crippen LogP contribution in [0.1, 0.15) is 36.9 Å². The van der Waals surface area contributed by atoms with Gasteiger partial charge in [0.2, 0.25) is 5.91 Å². The second-order valence-electron chi connectivity index (χ2n) is 4.77. The molecule has 0 aromatic heterocycles. The summed E-state index contributed by atoms with van der Waals surface area (Å²) in [7, 11) is 0. The highest BCUT2D eigenvalue weighted by molar-refractivity contribution is 6.42. The van der Waals surface area contributed by atoms with E-state index >= 15 is 0 Å². The van der Waals surface area contributed by atoms with Gasteiger partial charge in [-0.3, -0.25) is 4.79 Å². The first-order chi connectivity index (χ1) is 8.49. The second kappa shape index (κ2) is 6.80. The third-order valence-corrected chi connectivity index (χ3v) is 3.98. The molecule has 1 aliphatic rings. The van der Waals surface area contributed by atoms with Crippen LogP contribution in [0.2, 0.25) is 10.0 Å². The van der Waals surface area contributed by atoms with Gasteiger partial charge in [0.25, 0.3) is 0 Å². The molecule has 0 bridgehead atoms. The third kappa shape index (κ3) is 3.76. The SMILES string of the molecule is CC(N)CC(=O)NC1CCc2c1ccc(Cl)c2Cl.Cl. The lowest BCUT2D eigenvalue weighted by atomic mass is 10.1. The number of carbonyl (C=O) groups is 1. The molecular formula is C13H17Cl3N2O. The number of carbonyl (C=O) groups excluding carboxylic acids is 1. The van der Waals surface area contributed by atoms with Crippen LogP contribution in [0, 0.1) is 0 Å². The maximum atomic E-state index is 11.7. The van der Waals surface area contributed by atoms with Crippen molar-refractivity contribution in [3.05, 3.63) is 33.3 Å². The zero-order valence-corrected chi connectivity index (χ0v) is 12.9. The van der Waals surface area contributed by atoms with Crippen LogP contribution >= 0.6 is 35.6 Å². The van der Waals surface area contributed by atoms with Gasteiger partial charge in [-0.1, -0.05) is 29.3 Å². The number of halogens is 3. The van der Waals surface area contributed by atoms with Gasteiger partial charge < -0.3 is 11.1 Å².